The highest BCUT2D eigenvalue weighted by Crippen LogP contribution is 2.46. The summed E-state index contributed by atoms with van der Waals surface area (Å²) in [5, 5.41) is 8.57. The number of fused-ring (bicyclic) bond motifs is 3. The Morgan fingerprint density at radius 2 is 1.55 bits per heavy atom. The van der Waals surface area contributed by atoms with Crippen LogP contribution in [0.15, 0.2) is 66.7 Å². The third-order valence-electron chi connectivity index (χ3n) is 6.81. The Morgan fingerprint density at radius 3 is 2.34 bits per heavy atom. The fourth-order valence-corrected chi connectivity index (χ4v) is 5.17. The van der Waals surface area contributed by atoms with Gasteiger partial charge in [-0.05, 0) is 73.1 Å². The van der Waals surface area contributed by atoms with Gasteiger partial charge >= 0.3 is 0 Å². The van der Waals surface area contributed by atoms with Crippen LogP contribution in [0, 0.1) is 5.41 Å². The van der Waals surface area contributed by atoms with Crippen molar-refractivity contribution in [1.29, 1.82) is 0 Å². The molecule has 4 heteroatoms. The van der Waals surface area contributed by atoms with Crippen molar-refractivity contribution in [3.63, 3.8) is 0 Å². The molecule has 0 N–H and O–H groups in total. The third-order valence-corrected chi connectivity index (χ3v) is 6.81. The van der Waals surface area contributed by atoms with Crippen molar-refractivity contribution < 1.29 is 4.79 Å². The number of aryl methyl sites for hydroxylation is 2. The van der Waals surface area contributed by atoms with Crippen molar-refractivity contribution in [1.82, 2.24) is 15.0 Å². The molecule has 29 heavy (non-hydrogen) atoms. The number of rotatable bonds is 1. The van der Waals surface area contributed by atoms with Gasteiger partial charge in [-0.3, -0.25) is 4.79 Å². The Hall–Kier alpha value is -3.27. The second-order valence-electron chi connectivity index (χ2n) is 8.39. The lowest BCUT2D eigenvalue weighted by atomic mass is 9.76. The maximum absolute atomic E-state index is 13.6. The SMILES string of the molecule is O=C1c2cc(-n3nnc4ccccc43)ccc2CC12CCc1ccccc1CC2. The first-order chi connectivity index (χ1) is 14.2. The van der Waals surface area contributed by atoms with Gasteiger partial charge in [0, 0.05) is 11.0 Å². The van der Waals surface area contributed by atoms with Crippen molar-refractivity contribution >= 4 is 16.8 Å². The lowest BCUT2D eigenvalue weighted by Crippen LogP contribution is -2.28. The van der Waals surface area contributed by atoms with Crippen molar-refractivity contribution in [2.75, 3.05) is 0 Å². The minimum atomic E-state index is -0.260. The Kier molecular flexibility index (Phi) is 3.51. The lowest BCUT2D eigenvalue weighted by molar-refractivity contribution is 0.0794. The molecule has 4 nitrogen and oxygen atoms in total. The maximum atomic E-state index is 13.6. The van der Waals surface area contributed by atoms with E-state index in [1.54, 1.807) is 0 Å². The van der Waals surface area contributed by atoms with E-state index in [0.717, 1.165) is 54.4 Å². The van der Waals surface area contributed by atoms with Gasteiger partial charge in [0.25, 0.3) is 0 Å². The fraction of sp³-hybridized carbons (Fsp3) is 0.240. The van der Waals surface area contributed by atoms with Crippen LogP contribution >= 0.6 is 0 Å². The van der Waals surface area contributed by atoms with Crippen LogP contribution in [0.5, 0.6) is 0 Å². The average Bonchev–Trinajstić information content (AvgIpc) is 3.24. The molecule has 0 saturated carbocycles. The van der Waals surface area contributed by atoms with Gasteiger partial charge in [-0.25, -0.2) is 4.68 Å². The largest absolute Gasteiger partial charge is 0.294 e. The number of hydrogen-bond donors (Lipinski definition) is 0. The van der Waals surface area contributed by atoms with Crippen molar-refractivity contribution in [3.05, 3.63) is 89.0 Å². The summed E-state index contributed by atoms with van der Waals surface area (Å²) in [5.74, 6) is 0.312. The molecule has 0 atom stereocenters. The number of para-hydroxylation sites is 1. The number of benzene rings is 3. The minimum absolute atomic E-state index is 0.260. The number of ketones is 1. The molecule has 0 radical (unpaired) electrons. The van der Waals surface area contributed by atoms with Crippen LogP contribution in [0.2, 0.25) is 0 Å². The van der Waals surface area contributed by atoms with E-state index in [1.807, 2.05) is 35.0 Å². The number of Topliss-reactive ketones (excluding diaryl/α,β-unsaturated/α-hetero) is 1. The van der Waals surface area contributed by atoms with Crippen LogP contribution < -0.4 is 0 Å². The number of hydrogen-bond acceptors (Lipinski definition) is 3. The third kappa shape index (κ3) is 2.48. The van der Waals surface area contributed by atoms with Crippen LogP contribution in [0.25, 0.3) is 16.7 Å². The van der Waals surface area contributed by atoms with Gasteiger partial charge in [-0.15, -0.1) is 5.10 Å². The molecule has 2 aliphatic rings. The number of carbonyl (C=O) groups excluding carboxylic acids is 1. The standard InChI is InChI=1S/C25H21N3O/c29-24-21-15-20(28-23-8-4-3-7-22(23)26-27-28)10-9-19(21)16-25(24)13-11-17-5-1-2-6-18(17)12-14-25/h1-10,15H,11-14,16H2. The monoisotopic (exact) mass is 379 g/mol. The molecule has 142 valence electrons. The summed E-state index contributed by atoms with van der Waals surface area (Å²) in [4.78, 5) is 13.6. The maximum Gasteiger partial charge on any atom is 0.169 e. The zero-order valence-corrected chi connectivity index (χ0v) is 16.1. The Labute approximate surface area is 169 Å². The van der Waals surface area contributed by atoms with Crippen LogP contribution in [0.1, 0.15) is 39.9 Å². The molecule has 0 amide bonds. The molecule has 2 aliphatic carbocycles. The zero-order valence-electron chi connectivity index (χ0n) is 16.1. The summed E-state index contributed by atoms with van der Waals surface area (Å²) < 4.78 is 1.83. The van der Waals surface area contributed by atoms with Crippen LogP contribution in [0.4, 0.5) is 0 Å². The van der Waals surface area contributed by atoms with E-state index in [2.05, 4.69) is 46.7 Å². The van der Waals surface area contributed by atoms with Crippen LogP contribution in [-0.4, -0.2) is 20.8 Å². The van der Waals surface area contributed by atoms with E-state index in [-0.39, 0.29) is 5.41 Å². The van der Waals surface area contributed by atoms with Crippen LogP contribution in [-0.2, 0) is 19.3 Å². The quantitative estimate of drug-likeness (QED) is 0.481. The van der Waals surface area contributed by atoms with Gasteiger partial charge in [0.05, 0.1) is 11.2 Å². The van der Waals surface area contributed by atoms with E-state index in [1.165, 1.54) is 16.7 Å². The van der Waals surface area contributed by atoms with Gasteiger partial charge in [-0.2, -0.15) is 0 Å². The molecule has 1 heterocycles. The molecular formula is C25H21N3O. The molecule has 1 spiro atoms. The highest BCUT2D eigenvalue weighted by molar-refractivity contribution is 6.05. The molecular weight excluding hydrogens is 358 g/mol. The van der Waals surface area contributed by atoms with E-state index < -0.39 is 0 Å². The number of aromatic nitrogens is 3. The Balaban J connectivity index is 1.38. The Morgan fingerprint density at radius 1 is 0.828 bits per heavy atom. The molecule has 1 aromatic heterocycles. The highest BCUT2D eigenvalue weighted by Gasteiger charge is 2.45. The van der Waals surface area contributed by atoms with Crippen molar-refractivity contribution in [2.45, 2.75) is 32.1 Å². The van der Waals surface area contributed by atoms with E-state index in [0.29, 0.717) is 5.78 Å². The van der Waals surface area contributed by atoms with E-state index in [9.17, 15) is 4.79 Å². The smallest absolute Gasteiger partial charge is 0.169 e. The van der Waals surface area contributed by atoms with Crippen LogP contribution in [0.3, 0.4) is 0 Å². The lowest BCUT2D eigenvalue weighted by Gasteiger charge is -2.25. The first-order valence-electron chi connectivity index (χ1n) is 10.3. The predicted octanol–water partition coefficient (Wildman–Crippen LogP) is 4.72. The summed E-state index contributed by atoms with van der Waals surface area (Å²) >= 11 is 0. The molecule has 0 aliphatic heterocycles. The molecule has 0 unspecified atom stereocenters. The molecule has 4 aromatic rings. The van der Waals surface area contributed by atoms with Gasteiger partial charge in [-0.1, -0.05) is 47.7 Å². The number of carbonyl (C=O) groups is 1. The first kappa shape index (κ1) is 16.7. The fourth-order valence-electron chi connectivity index (χ4n) is 5.17. The van der Waals surface area contributed by atoms with Gasteiger partial charge in [0.1, 0.15) is 5.52 Å². The first-order valence-corrected chi connectivity index (χ1v) is 10.3. The minimum Gasteiger partial charge on any atom is -0.294 e. The molecule has 0 bridgehead atoms. The van der Waals surface area contributed by atoms with E-state index >= 15 is 0 Å². The summed E-state index contributed by atoms with van der Waals surface area (Å²) in [6.45, 7) is 0. The van der Waals surface area contributed by atoms with Crippen molar-refractivity contribution in [2.24, 2.45) is 5.41 Å². The summed E-state index contributed by atoms with van der Waals surface area (Å²) in [6.07, 6.45) is 4.68. The van der Waals surface area contributed by atoms with Gasteiger partial charge < -0.3 is 0 Å². The van der Waals surface area contributed by atoms with Gasteiger partial charge in [0.15, 0.2) is 5.78 Å². The zero-order chi connectivity index (χ0) is 19.4. The molecule has 3 aromatic carbocycles. The highest BCUT2D eigenvalue weighted by atomic mass is 16.1. The van der Waals surface area contributed by atoms with Crippen molar-refractivity contribution in [3.8, 4) is 5.69 Å². The summed E-state index contributed by atoms with van der Waals surface area (Å²) in [6, 6.07) is 22.8. The second kappa shape index (κ2) is 6.11. The number of nitrogens with zero attached hydrogens (tertiary/aromatic N) is 3. The Bertz CT molecular complexity index is 1240. The molecule has 6 rings (SSSR count). The normalized spacial score (nSPS) is 17.3. The molecule has 0 saturated heterocycles. The summed E-state index contributed by atoms with van der Waals surface area (Å²) in [5.41, 5.74) is 7.31. The topological polar surface area (TPSA) is 47.8 Å². The van der Waals surface area contributed by atoms with E-state index in [4.69, 9.17) is 0 Å². The average molecular weight is 379 g/mol. The summed E-state index contributed by atoms with van der Waals surface area (Å²) in [7, 11) is 0. The second-order valence-corrected chi connectivity index (χ2v) is 8.39. The molecule has 0 fully saturated rings. The predicted molar refractivity (Wildman–Crippen MR) is 112 cm³/mol. The van der Waals surface area contributed by atoms with Gasteiger partial charge in [0.2, 0.25) is 0 Å².